The van der Waals surface area contributed by atoms with E-state index in [9.17, 15) is 0 Å². The number of pyridine rings is 1. The van der Waals surface area contributed by atoms with Crippen LogP contribution in [0.15, 0.2) is 16.5 Å². The second-order valence-corrected chi connectivity index (χ2v) is 6.77. The monoisotopic (exact) mass is 329 g/mol. The SMILES string of the molecule is Cc1nnc([C@]23CCC[C@H]2CN(c2ccc(Cl)c(C#N)n2)C3)o1. The van der Waals surface area contributed by atoms with E-state index in [4.69, 9.17) is 21.3 Å². The molecule has 1 aliphatic heterocycles. The minimum Gasteiger partial charge on any atom is -0.425 e. The van der Waals surface area contributed by atoms with Crippen molar-refractivity contribution in [2.24, 2.45) is 5.92 Å². The normalized spacial score (nSPS) is 26.3. The Hall–Kier alpha value is -2.13. The molecule has 3 heterocycles. The van der Waals surface area contributed by atoms with E-state index in [1.165, 1.54) is 6.42 Å². The summed E-state index contributed by atoms with van der Waals surface area (Å²) in [7, 11) is 0. The molecule has 2 aromatic rings. The van der Waals surface area contributed by atoms with E-state index in [0.29, 0.717) is 16.8 Å². The molecular weight excluding hydrogens is 314 g/mol. The highest BCUT2D eigenvalue weighted by Crippen LogP contribution is 2.50. The molecule has 0 spiro atoms. The summed E-state index contributed by atoms with van der Waals surface area (Å²) < 4.78 is 5.78. The molecule has 0 bridgehead atoms. The molecular formula is C16H16ClN5O. The van der Waals surface area contributed by atoms with Crippen LogP contribution in [0.3, 0.4) is 0 Å². The highest BCUT2D eigenvalue weighted by atomic mass is 35.5. The van der Waals surface area contributed by atoms with E-state index in [1.807, 2.05) is 19.1 Å². The molecule has 0 N–H and O–H groups in total. The van der Waals surface area contributed by atoms with E-state index < -0.39 is 0 Å². The number of halogens is 1. The first-order chi connectivity index (χ1) is 11.1. The zero-order valence-electron chi connectivity index (χ0n) is 12.8. The molecule has 1 aliphatic carbocycles. The fourth-order valence-corrected chi connectivity index (χ4v) is 4.15. The molecule has 6 nitrogen and oxygen atoms in total. The standard InChI is InChI=1S/C16H16ClN5O/c1-10-20-21-15(23-10)16-6-2-3-11(16)8-22(9-16)14-5-4-12(17)13(7-18)19-14/h4-5,11H,2-3,6,8-9H2,1H3/t11-,16-/m0/s1. The van der Waals surface area contributed by atoms with Crippen LogP contribution in [0.4, 0.5) is 5.82 Å². The van der Waals surface area contributed by atoms with Crippen LogP contribution >= 0.6 is 11.6 Å². The Balaban J connectivity index is 1.69. The third kappa shape index (κ3) is 2.19. The zero-order chi connectivity index (χ0) is 16.0. The lowest BCUT2D eigenvalue weighted by Crippen LogP contribution is -2.32. The predicted octanol–water partition coefficient (Wildman–Crippen LogP) is 2.86. The first-order valence-corrected chi connectivity index (χ1v) is 8.12. The van der Waals surface area contributed by atoms with Gasteiger partial charge in [0, 0.05) is 20.0 Å². The number of nitriles is 1. The summed E-state index contributed by atoms with van der Waals surface area (Å²) in [5, 5.41) is 17.8. The van der Waals surface area contributed by atoms with Gasteiger partial charge in [0.25, 0.3) is 0 Å². The summed E-state index contributed by atoms with van der Waals surface area (Å²) in [6.45, 7) is 3.50. The number of aromatic nitrogens is 3. The molecule has 2 aliphatic rings. The van der Waals surface area contributed by atoms with E-state index in [2.05, 4.69) is 20.1 Å². The van der Waals surface area contributed by atoms with Gasteiger partial charge in [0.1, 0.15) is 11.9 Å². The van der Waals surface area contributed by atoms with Gasteiger partial charge in [0.2, 0.25) is 11.8 Å². The van der Waals surface area contributed by atoms with Crippen molar-refractivity contribution in [1.82, 2.24) is 15.2 Å². The first-order valence-electron chi connectivity index (χ1n) is 7.74. The van der Waals surface area contributed by atoms with Crippen molar-refractivity contribution in [3.05, 3.63) is 34.6 Å². The Morgan fingerprint density at radius 3 is 3.04 bits per heavy atom. The topological polar surface area (TPSA) is 78.8 Å². The van der Waals surface area contributed by atoms with Crippen molar-refractivity contribution in [3.63, 3.8) is 0 Å². The van der Waals surface area contributed by atoms with E-state index in [-0.39, 0.29) is 11.1 Å². The van der Waals surface area contributed by atoms with Crippen molar-refractivity contribution in [1.29, 1.82) is 5.26 Å². The van der Waals surface area contributed by atoms with Gasteiger partial charge < -0.3 is 9.32 Å². The highest BCUT2D eigenvalue weighted by molar-refractivity contribution is 6.31. The van der Waals surface area contributed by atoms with Crippen LogP contribution in [0.5, 0.6) is 0 Å². The molecule has 2 aromatic heterocycles. The average Bonchev–Trinajstić information content (AvgIpc) is 3.21. The van der Waals surface area contributed by atoms with Crippen LogP contribution < -0.4 is 4.90 Å². The maximum absolute atomic E-state index is 9.13. The van der Waals surface area contributed by atoms with Crippen LogP contribution in [-0.4, -0.2) is 28.3 Å². The van der Waals surface area contributed by atoms with Gasteiger partial charge in [-0.25, -0.2) is 4.98 Å². The van der Waals surface area contributed by atoms with E-state index >= 15 is 0 Å². The minimum atomic E-state index is -0.0879. The smallest absolute Gasteiger partial charge is 0.224 e. The molecule has 0 radical (unpaired) electrons. The van der Waals surface area contributed by atoms with Crippen molar-refractivity contribution < 1.29 is 4.42 Å². The lowest BCUT2D eigenvalue weighted by atomic mass is 9.80. The first kappa shape index (κ1) is 14.5. The van der Waals surface area contributed by atoms with Crippen LogP contribution in [0.2, 0.25) is 5.02 Å². The summed E-state index contributed by atoms with van der Waals surface area (Å²) in [6.07, 6.45) is 3.38. The molecule has 23 heavy (non-hydrogen) atoms. The zero-order valence-corrected chi connectivity index (χ0v) is 13.5. The molecule has 2 fully saturated rings. The molecule has 1 saturated heterocycles. The highest BCUT2D eigenvalue weighted by Gasteiger charge is 2.54. The lowest BCUT2D eigenvalue weighted by molar-refractivity contribution is 0.299. The lowest BCUT2D eigenvalue weighted by Gasteiger charge is -2.24. The summed E-state index contributed by atoms with van der Waals surface area (Å²) >= 11 is 5.99. The maximum Gasteiger partial charge on any atom is 0.224 e. The average molecular weight is 330 g/mol. The molecule has 0 amide bonds. The number of rotatable bonds is 2. The molecule has 1 saturated carbocycles. The van der Waals surface area contributed by atoms with Crippen LogP contribution in [0.25, 0.3) is 0 Å². The molecule has 4 rings (SSSR count). The van der Waals surface area contributed by atoms with Crippen LogP contribution in [0.1, 0.15) is 36.7 Å². The summed E-state index contributed by atoms with van der Waals surface area (Å²) in [4.78, 5) is 6.61. The van der Waals surface area contributed by atoms with Crippen LogP contribution in [0, 0.1) is 24.2 Å². The van der Waals surface area contributed by atoms with E-state index in [1.54, 1.807) is 6.07 Å². The van der Waals surface area contributed by atoms with Crippen molar-refractivity contribution in [3.8, 4) is 6.07 Å². The molecule has 0 unspecified atom stereocenters. The number of anilines is 1. The molecule has 7 heteroatoms. The van der Waals surface area contributed by atoms with Gasteiger partial charge >= 0.3 is 0 Å². The number of nitrogens with zero attached hydrogens (tertiary/aromatic N) is 5. The largest absolute Gasteiger partial charge is 0.425 e. The van der Waals surface area contributed by atoms with Crippen LogP contribution in [-0.2, 0) is 5.41 Å². The summed E-state index contributed by atoms with van der Waals surface area (Å²) in [5.41, 5.74) is 0.180. The Kier molecular flexibility index (Phi) is 3.27. The van der Waals surface area contributed by atoms with Crippen molar-refractivity contribution in [2.75, 3.05) is 18.0 Å². The predicted molar refractivity (Wildman–Crippen MR) is 84.2 cm³/mol. The van der Waals surface area contributed by atoms with Crippen molar-refractivity contribution >= 4 is 17.4 Å². The minimum absolute atomic E-state index is 0.0879. The Bertz CT molecular complexity index is 798. The fourth-order valence-electron chi connectivity index (χ4n) is 4.00. The van der Waals surface area contributed by atoms with E-state index in [0.717, 1.165) is 37.6 Å². The number of hydrogen-bond donors (Lipinski definition) is 0. The van der Waals surface area contributed by atoms with Gasteiger partial charge in [-0.3, -0.25) is 0 Å². The fraction of sp³-hybridized carbons (Fsp3) is 0.500. The van der Waals surface area contributed by atoms with Gasteiger partial charge in [-0.15, -0.1) is 10.2 Å². The summed E-state index contributed by atoms with van der Waals surface area (Å²) in [5.74, 6) is 2.62. The molecule has 2 atom stereocenters. The summed E-state index contributed by atoms with van der Waals surface area (Å²) in [6, 6.07) is 5.65. The van der Waals surface area contributed by atoms with Crippen molar-refractivity contribution in [2.45, 2.75) is 31.6 Å². The Labute approximate surface area is 139 Å². The number of hydrogen-bond acceptors (Lipinski definition) is 6. The quantitative estimate of drug-likeness (QED) is 0.843. The second kappa shape index (κ2) is 5.20. The number of fused-ring (bicyclic) bond motifs is 1. The number of aryl methyl sites for hydroxylation is 1. The Morgan fingerprint density at radius 1 is 1.43 bits per heavy atom. The Morgan fingerprint density at radius 2 is 2.30 bits per heavy atom. The third-order valence-corrected chi connectivity index (χ3v) is 5.39. The molecule has 0 aromatic carbocycles. The van der Waals surface area contributed by atoms with Gasteiger partial charge in [-0.05, 0) is 30.9 Å². The maximum atomic E-state index is 9.13. The van der Waals surface area contributed by atoms with Gasteiger partial charge in [-0.1, -0.05) is 18.0 Å². The van der Waals surface area contributed by atoms with Gasteiger partial charge in [0.05, 0.1) is 10.4 Å². The van der Waals surface area contributed by atoms with Gasteiger partial charge in [-0.2, -0.15) is 5.26 Å². The van der Waals surface area contributed by atoms with Gasteiger partial charge in [0.15, 0.2) is 5.69 Å². The molecule has 118 valence electrons. The third-order valence-electron chi connectivity index (χ3n) is 5.08. The second-order valence-electron chi connectivity index (χ2n) is 6.36.